The number of hydrogen-bond donors (Lipinski definition) is 2. The van der Waals surface area contributed by atoms with Crippen LogP contribution in [0.4, 0.5) is 0 Å². The molecule has 0 aliphatic carbocycles. The van der Waals surface area contributed by atoms with Gasteiger partial charge in [0, 0.05) is 4.47 Å². The molecule has 2 unspecified atom stereocenters. The van der Waals surface area contributed by atoms with Crippen molar-refractivity contribution in [2.45, 2.75) is 44.9 Å². The van der Waals surface area contributed by atoms with Crippen molar-refractivity contribution in [2.75, 3.05) is 0 Å². The minimum absolute atomic E-state index is 0.0382. The number of hydrogen-bond acceptors (Lipinski definition) is 1. The molecule has 0 aliphatic heterocycles. The van der Waals surface area contributed by atoms with Crippen LogP contribution in [0.5, 0.6) is 0 Å². The van der Waals surface area contributed by atoms with E-state index in [4.69, 9.17) is 11.6 Å². The first-order chi connectivity index (χ1) is 9.56. The first kappa shape index (κ1) is 15.6. The Morgan fingerprint density at radius 1 is 1.25 bits per heavy atom. The number of nitrogens with one attached hydrogen (secondary N) is 2. The first-order valence-corrected chi connectivity index (χ1v) is 8.35. The molecule has 0 aliphatic rings. The number of halogens is 2. The molecule has 2 rings (SSSR count). The van der Waals surface area contributed by atoms with Crippen LogP contribution >= 0.6 is 27.5 Å². The normalized spacial score (nSPS) is 14.6. The quantitative estimate of drug-likeness (QED) is 0.691. The Hall–Kier alpha value is -0.740. The lowest BCUT2D eigenvalue weighted by Crippen LogP contribution is -2.08. The molecular formula is C15H20BrClN2O. The summed E-state index contributed by atoms with van der Waals surface area (Å²) in [5.41, 5.74) is 2.48. The Bertz CT molecular complexity index is 634. The van der Waals surface area contributed by atoms with Crippen molar-refractivity contribution in [1.29, 1.82) is 0 Å². The van der Waals surface area contributed by atoms with E-state index in [0.29, 0.717) is 5.92 Å². The summed E-state index contributed by atoms with van der Waals surface area (Å²) in [7, 11) is 0. The monoisotopic (exact) mass is 358 g/mol. The van der Waals surface area contributed by atoms with Crippen LogP contribution in [-0.2, 0) is 0 Å². The summed E-state index contributed by atoms with van der Waals surface area (Å²) >= 11 is 10.3. The average Bonchev–Trinajstić information content (AvgIpc) is 2.77. The molecule has 0 saturated heterocycles. The van der Waals surface area contributed by atoms with E-state index in [-0.39, 0.29) is 11.1 Å². The maximum atomic E-state index is 11.4. The third-order valence-electron chi connectivity index (χ3n) is 3.80. The van der Waals surface area contributed by atoms with Gasteiger partial charge in [0.15, 0.2) is 0 Å². The highest BCUT2D eigenvalue weighted by Crippen LogP contribution is 2.39. The summed E-state index contributed by atoms with van der Waals surface area (Å²) in [5, 5.41) is -0.0382. The zero-order valence-electron chi connectivity index (χ0n) is 11.8. The Balaban J connectivity index is 2.34. The molecule has 0 amide bonds. The average molecular weight is 360 g/mol. The smallest absolute Gasteiger partial charge is 0.306 e. The van der Waals surface area contributed by atoms with E-state index in [1.807, 2.05) is 12.1 Å². The fraction of sp³-hybridized carbons (Fsp3) is 0.533. The van der Waals surface area contributed by atoms with E-state index >= 15 is 0 Å². The van der Waals surface area contributed by atoms with E-state index in [1.54, 1.807) is 0 Å². The number of benzene rings is 1. The second-order valence-corrected chi connectivity index (χ2v) is 6.54. The molecule has 2 N–H and O–H groups in total. The van der Waals surface area contributed by atoms with Crippen LogP contribution in [0.1, 0.15) is 50.5 Å². The third kappa shape index (κ3) is 3.29. The van der Waals surface area contributed by atoms with Gasteiger partial charge in [-0.2, -0.15) is 0 Å². The van der Waals surface area contributed by atoms with Crippen molar-refractivity contribution in [1.82, 2.24) is 9.97 Å². The molecule has 1 heterocycles. The maximum absolute atomic E-state index is 11.4. The van der Waals surface area contributed by atoms with Gasteiger partial charge in [-0.05, 0) is 30.0 Å². The first-order valence-electron chi connectivity index (χ1n) is 7.12. The van der Waals surface area contributed by atoms with E-state index in [9.17, 15) is 4.79 Å². The van der Waals surface area contributed by atoms with E-state index < -0.39 is 0 Å². The van der Waals surface area contributed by atoms with Gasteiger partial charge in [0.1, 0.15) is 0 Å². The zero-order valence-corrected chi connectivity index (χ0v) is 14.1. The second kappa shape index (κ2) is 6.81. The van der Waals surface area contributed by atoms with Gasteiger partial charge in [-0.15, -0.1) is 11.6 Å². The van der Waals surface area contributed by atoms with Crippen molar-refractivity contribution in [3.63, 3.8) is 0 Å². The van der Waals surface area contributed by atoms with Crippen LogP contribution in [0.3, 0.4) is 0 Å². The molecule has 0 bridgehead atoms. The number of unbranched alkanes of at least 4 members (excludes halogenated alkanes) is 1. The van der Waals surface area contributed by atoms with Crippen LogP contribution in [0.2, 0.25) is 0 Å². The van der Waals surface area contributed by atoms with E-state index in [0.717, 1.165) is 33.9 Å². The summed E-state index contributed by atoms with van der Waals surface area (Å²) in [6.07, 6.45) is 4.58. The molecule has 0 saturated carbocycles. The van der Waals surface area contributed by atoms with Crippen molar-refractivity contribution >= 4 is 38.6 Å². The summed E-state index contributed by atoms with van der Waals surface area (Å²) in [4.78, 5) is 16.9. The van der Waals surface area contributed by atoms with Crippen LogP contribution < -0.4 is 5.69 Å². The van der Waals surface area contributed by atoms with Crippen molar-refractivity contribution in [3.8, 4) is 0 Å². The number of rotatable bonds is 6. The fourth-order valence-corrected chi connectivity index (χ4v) is 3.77. The zero-order chi connectivity index (χ0) is 14.7. The largest absolute Gasteiger partial charge is 0.323 e. The van der Waals surface area contributed by atoms with Gasteiger partial charge in [-0.3, -0.25) is 0 Å². The standard InChI is InChI=1S/C15H20BrClN2O/c1-3-5-6-9(4-2)14(17)10-7-12-13(8-11(10)16)19-15(20)18-12/h7-9,14H,3-6H2,1-2H3,(H2,18,19,20). The lowest BCUT2D eigenvalue weighted by atomic mass is 9.91. The summed E-state index contributed by atoms with van der Waals surface area (Å²) < 4.78 is 0.954. The van der Waals surface area contributed by atoms with Crippen molar-refractivity contribution in [3.05, 3.63) is 32.7 Å². The predicted molar refractivity (Wildman–Crippen MR) is 88.5 cm³/mol. The highest BCUT2D eigenvalue weighted by Gasteiger charge is 2.22. The molecule has 0 fully saturated rings. The second-order valence-electron chi connectivity index (χ2n) is 5.21. The minimum atomic E-state index is -0.187. The molecular weight excluding hydrogens is 340 g/mol. The van der Waals surface area contributed by atoms with Crippen LogP contribution in [0.15, 0.2) is 21.4 Å². The van der Waals surface area contributed by atoms with Crippen LogP contribution in [-0.4, -0.2) is 9.97 Å². The minimum Gasteiger partial charge on any atom is -0.306 e. The molecule has 20 heavy (non-hydrogen) atoms. The number of aromatic amines is 2. The van der Waals surface area contributed by atoms with Gasteiger partial charge in [-0.25, -0.2) is 4.79 Å². The van der Waals surface area contributed by atoms with Crippen LogP contribution in [0.25, 0.3) is 11.0 Å². The number of fused-ring (bicyclic) bond motifs is 1. The summed E-state index contributed by atoms with van der Waals surface area (Å²) in [6, 6.07) is 3.90. The molecule has 1 aromatic carbocycles. The van der Waals surface area contributed by atoms with Gasteiger partial charge in [0.2, 0.25) is 0 Å². The van der Waals surface area contributed by atoms with Crippen LogP contribution in [0, 0.1) is 5.92 Å². The van der Waals surface area contributed by atoms with Gasteiger partial charge in [0.25, 0.3) is 0 Å². The van der Waals surface area contributed by atoms with E-state index in [1.165, 1.54) is 12.8 Å². The Morgan fingerprint density at radius 3 is 2.50 bits per heavy atom. The van der Waals surface area contributed by atoms with Crippen molar-refractivity contribution < 1.29 is 0 Å². The lowest BCUT2D eigenvalue weighted by Gasteiger charge is -2.22. The number of aromatic nitrogens is 2. The number of H-pyrrole nitrogens is 2. The van der Waals surface area contributed by atoms with Gasteiger partial charge in [-0.1, -0.05) is 49.0 Å². The highest BCUT2D eigenvalue weighted by molar-refractivity contribution is 9.10. The molecule has 3 nitrogen and oxygen atoms in total. The summed E-state index contributed by atoms with van der Waals surface area (Å²) in [5.74, 6) is 0.455. The Labute approximate surface area is 132 Å². The topological polar surface area (TPSA) is 48.6 Å². The number of imidazole rings is 1. The molecule has 110 valence electrons. The molecule has 2 aromatic rings. The molecule has 5 heteroatoms. The van der Waals surface area contributed by atoms with Gasteiger partial charge < -0.3 is 9.97 Å². The molecule has 1 aromatic heterocycles. The van der Waals surface area contributed by atoms with Crippen molar-refractivity contribution in [2.24, 2.45) is 5.92 Å². The lowest BCUT2D eigenvalue weighted by molar-refractivity contribution is 0.436. The fourth-order valence-electron chi connectivity index (χ4n) is 2.56. The molecule has 2 atom stereocenters. The highest BCUT2D eigenvalue weighted by atomic mass is 79.9. The Kier molecular flexibility index (Phi) is 5.33. The predicted octanol–water partition coefficient (Wildman–Crippen LogP) is 5.12. The van der Waals surface area contributed by atoms with Gasteiger partial charge >= 0.3 is 5.69 Å². The Morgan fingerprint density at radius 2 is 1.90 bits per heavy atom. The summed E-state index contributed by atoms with van der Waals surface area (Å²) in [6.45, 7) is 4.38. The number of alkyl halides is 1. The third-order valence-corrected chi connectivity index (χ3v) is 5.08. The SMILES string of the molecule is CCCCC(CC)C(Cl)c1cc2[nH]c(=O)[nH]c2cc1Br. The maximum Gasteiger partial charge on any atom is 0.323 e. The molecule has 0 radical (unpaired) electrons. The molecule has 0 spiro atoms. The van der Waals surface area contributed by atoms with Gasteiger partial charge in [0.05, 0.1) is 16.4 Å². The van der Waals surface area contributed by atoms with E-state index in [2.05, 4.69) is 39.7 Å².